The second-order valence-electron chi connectivity index (χ2n) is 8.20. The zero-order valence-electron chi connectivity index (χ0n) is 19.0. The Labute approximate surface area is 216 Å². The highest BCUT2D eigenvalue weighted by molar-refractivity contribution is 7.93. The average Bonchev–Trinajstić information content (AvgIpc) is 2.84. The van der Waals surface area contributed by atoms with Gasteiger partial charge in [0.2, 0.25) is 10.0 Å². The number of rotatable bonds is 7. The van der Waals surface area contributed by atoms with E-state index in [2.05, 4.69) is 4.98 Å². The number of nitrogens with zero attached hydrogens (tertiary/aromatic N) is 3. The van der Waals surface area contributed by atoms with E-state index in [0.717, 1.165) is 12.0 Å². The van der Waals surface area contributed by atoms with Gasteiger partial charge < -0.3 is 0 Å². The van der Waals surface area contributed by atoms with E-state index in [1.165, 1.54) is 33.0 Å². The molecule has 1 aliphatic heterocycles. The number of halogens is 2. The van der Waals surface area contributed by atoms with Crippen LogP contribution in [0.2, 0.25) is 10.0 Å². The lowest BCUT2D eigenvalue weighted by atomic mass is 10.1. The van der Waals surface area contributed by atoms with Crippen LogP contribution < -0.4 is 4.31 Å². The van der Waals surface area contributed by atoms with Gasteiger partial charge in [-0.2, -0.15) is 4.31 Å². The molecule has 2 heterocycles. The molecule has 0 N–H and O–H groups in total. The normalized spacial score (nSPS) is 15.7. The molecule has 186 valence electrons. The van der Waals surface area contributed by atoms with Gasteiger partial charge in [-0.15, -0.1) is 0 Å². The Morgan fingerprint density at radius 3 is 2.23 bits per heavy atom. The van der Waals surface area contributed by atoms with Crippen LogP contribution in [0, 0.1) is 0 Å². The molecule has 2 aromatic carbocycles. The molecule has 1 aliphatic rings. The molecule has 0 bridgehead atoms. The number of sulfonamides is 2. The fourth-order valence-electron chi connectivity index (χ4n) is 4.14. The van der Waals surface area contributed by atoms with Gasteiger partial charge in [-0.1, -0.05) is 54.4 Å². The smallest absolute Gasteiger partial charge is 0.246 e. The summed E-state index contributed by atoms with van der Waals surface area (Å²) < 4.78 is 56.5. The van der Waals surface area contributed by atoms with Crippen LogP contribution >= 0.6 is 23.2 Å². The number of hydrogen-bond donors (Lipinski definition) is 0. The summed E-state index contributed by atoms with van der Waals surface area (Å²) in [7, 11) is -7.80. The van der Waals surface area contributed by atoms with E-state index in [1.54, 1.807) is 30.3 Å². The number of benzene rings is 2. The topological polar surface area (TPSA) is 87.7 Å². The Balaban J connectivity index is 1.64. The van der Waals surface area contributed by atoms with Gasteiger partial charge in [-0.25, -0.2) is 26.1 Å². The molecule has 0 atom stereocenters. The largest absolute Gasteiger partial charge is 0.267 e. The van der Waals surface area contributed by atoms with E-state index in [9.17, 15) is 16.8 Å². The molecule has 3 aromatic rings. The standard InChI is InChI=1S/C24H25Cl2N3O4S2/c1-2-18-7-9-21(10-8-18)34(30,31)28-15-12-20(13-16-28)29(24-17-19(25)11-14-27-24)35(32,33)23-6-4-3-5-22(23)26/h3-11,14,17,20H,2,12-13,15-16H2,1H3. The summed E-state index contributed by atoms with van der Waals surface area (Å²) in [6.07, 6.45) is 2.82. The Kier molecular flexibility index (Phi) is 7.73. The second kappa shape index (κ2) is 10.4. The molecule has 0 aliphatic carbocycles. The molecular formula is C24H25Cl2N3O4S2. The molecule has 1 fully saturated rings. The third-order valence-electron chi connectivity index (χ3n) is 6.03. The highest BCUT2D eigenvalue weighted by Crippen LogP contribution is 2.34. The first-order valence-corrected chi connectivity index (χ1v) is 14.8. The van der Waals surface area contributed by atoms with Crippen LogP contribution in [0.25, 0.3) is 0 Å². The van der Waals surface area contributed by atoms with Gasteiger partial charge >= 0.3 is 0 Å². The Morgan fingerprint density at radius 1 is 0.971 bits per heavy atom. The number of aryl methyl sites for hydroxylation is 1. The van der Waals surface area contributed by atoms with Crippen molar-refractivity contribution in [3.05, 3.63) is 82.5 Å². The maximum Gasteiger partial charge on any atom is 0.267 e. The van der Waals surface area contributed by atoms with Crippen LogP contribution in [-0.4, -0.2) is 45.3 Å². The first-order chi connectivity index (χ1) is 16.6. The third kappa shape index (κ3) is 5.34. The van der Waals surface area contributed by atoms with Gasteiger partial charge in [0.15, 0.2) is 0 Å². The number of anilines is 1. The average molecular weight is 555 g/mol. The lowest BCUT2D eigenvalue weighted by Gasteiger charge is -2.38. The zero-order chi connectivity index (χ0) is 25.2. The summed E-state index contributed by atoms with van der Waals surface area (Å²) in [6, 6.07) is 15.6. The van der Waals surface area contributed by atoms with Crippen molar-refractivity contribution < 1.29 is 16.8 Å². The molecule has 0 radical (unpaired) electrons. The van der Waals surface area contributed by atoms with Crippen molar-refractivity contribution in [2.45, 2.75) is 42.0 Å². The van der Waals surface area contributed by atoms with E-state index < -0.39 is 26.1 Å². The van der Waals surface area contributed by atoms with Crippen LogP contribution in [0.3, 0.4) is 0 Å². The third-order valence-corrected chi connectivity index (χ3v) is 10.5. The minimum atomic E-state index is -4.10. The lowest BCUT2D eigenvalue weighted by molar-refractivity contribution is 0.320. The van der Waals surface area contributed by atoms with Crippen molar-refractivity contribution in [2.75, 3.05) is 17.4 Å². The van der Waals surface area contributed by atoms with Gasteiger partial charge in [0.25, 0.3) is 10.0 Å². The first kappa shape index (κ1) is 25.9. The summed E-state index contributed by atoms with van der Waals surface area (Å²) in [4.78, 5) is 4.44. The molecule has 35 heavy (non-hydrogen) atoms. The van der Waals surface area contributed by atoms with Crippen molar-refractivity contribution in [3.8, 4) is 0 Å². The molecule has 7 nitrogen and oxygen atoms in total. The Hall–Kier alpha value is -2.17. The molecule has 0 unspecified atom stereocenters. The van der Waals surface area contributed by atoms with E-state index in [4.69, 9.17) is 23.2 Å². The minimum Gasteiger partial charge on any atom is -0.246 e. The SMILES string of the molecule is CCc1ccc(S(=O)(=O)N2CCC(N(c3cc(Cl)ccn3)S(=O)(=O)c3ccccc3Cl)CC2)cc1. The molecule has 0 spiro atoms. The van der Waals surface area contributed by atoms with Crippen LogP contribution in [0.1, 0.15) is 25.3 Å². The number of piperidine rings is 1. The fourth-order valence-corrected chi connectivity index (χ4v) is 7.92. The van der Waals surface area contributed by atoms with Crippen molar-refractivity contribution in [3.63, 3.8) is 0 Å². The molecule has 1 saturated heterocycles. The molecule has 0 amide bonds. The van der Waals surface area contributed by atoms with Gasteiger partial charge in [0.1, 0.15) is 10.7 Å². The molecule has 4 rings (SSSR count). The minimum absolute atomic E-state index is 0.0468. The molecule has 11 heteroatoms. The maximum atomic E-state index is 13.8. The summed E-state index contributed by atoms with van der Waals surface area (Å²) in [5.41, 5.74) is 1.05. The number of hydrogen-bond acceptors (Lipinski definition) is 5. The van der Waals surface area contributed by atoms with E-state index in [-0.39, 0.29) is 46.6 Å². The molecule has 0 saturated carbocycles. The lowest BCUT2D eigenvalue weighted by Crippen LogP contribution is -2.49. The predicted molar refractivity (Wildman–Crippen MR) is 138 cm³/mol. The van der Waals surface area contributed by atoms with Crippen molar-refractivity contribution in [2.24, 2.45) is 0 Å². The molecular weight excluding hydrogens is 529 g/mol. The van der Waals surface area contributed by atoms with Crippen LogP contribution in [0.5, 0.6) is 0 Å². The van der Waals surface area contributed by atoms with Crippen LogP contribution in [0.15, 0.2) is 76.7 Å². The quantitative estimate of drug-likeness (QED) is 0.410. The van der Waals surface area contributed by atoms with Crippen molar-refractivity contribution >= 4 is 49.1 Å². The zero-order valence-corrected chi connectivity index (χ0v) is 22.2. The Morgan fingerprint density at radius 2 is 1.63 bits per heavy atom. The summed E-state index contributed by atoms with van der Waals surface area (Å²) in [5, 5.41) is 0.431. The van der Waals surface area contributed by atoms with Crippen molar-refractivity contribution in [1.29, 1.82) is 0 Å². The monoisotopic (exact) mass is 553 g/mol. The van der Waals surface area contributed by atoms with Crippen LogP contribution in [-0.2, 0) is 26.5 Å². The predicted octanol–water partition coefficient (Wildman–Crippen LogP) is 5.00. The highest BCUT2D eigenvalue weighted by atomic mass is 35.5. The van der Waals surface area contributed by atoms with Crippen LogP contribution in [0.4, 0.5) is 5.82 Å². The summed E-state index contributed by atoms with van der Waals surface area (Å²) in [6.45, 7) is 2.33. The Bertz CT molecular complexity index is 1410. The van der Waals surface area contributed by atoms with Gasteiger partial charge in [-0.05, 0) is 55.2 Å². The van der Waals surface area contributed by atoms with E-state index in [0.29, 0.717) is 5.02 Å². The van der Waals surface area contributed by atoms with Gasteiger partial charge in [0.05, 0.1) is 9.92 Å². The maximum absolute atomic E-state index is 13.8. The van der Waals surface area contributed by atoms with Gasteiger partial charge in [-0.3, -0.25) is 0 Å². The number of pyridine rings is 1. The number of aromatic nitrogens is 1. The highest BCUT2D eigenvalue weighted by Gasteiger charge is 2.38. The molecule has 1 aromatic heterocycles. The first-order valence-electron chi connectivity index (χ1n) is 11.1. The fraction of sp³-hybridized carbons (Fsp3) is 0.292. The van der Waals surface area contributed by atoms with E-state index >= 15 is 0 Å². The summed E-state index contributed by atoms with van der Waals surface area (Å²) >= 11 is 12.4. The second-order valence-corrected chi connectivity index (χ2v) is 12.8. The summed E-state index contributed by atoms with van der Waals surface area (Å²) in [5.74, 6) is 0.161. The van der Waals surface area contributed by atoms with Crippen molar-refractivity contribution in [1.82, 2.24) is 9.29 Å². The van der Waals surface area contributed by atoms with E-state index in [1.807, 2.05) is 19.1 Å². The van der Waals surface area contributed by atoms with Gasteiger partial charge in [0, 0.05) is 36.4 Å².